The molecule has 2 N–H and O–H groups in total. The second-order valence-corrected chi connectivity index (χ2v) is 2.57. The molecule has 0 aromatic carbocycles. The predicted molar refractivity (Wildman–Crippen MR) is 45.2 cm³/mol. The number of H-pyrrole nitrogens is 1. The molecule has 0 aliphatic carbocycles. The van der Waals surface area contributed by atoms with Crippen molar-refractivity contribution in [3.8, 4) is 0 Å². The normalized spacial score (nSPS) is 9.42. The molecule has 1 rings (SSSR count). The first-order chi connectivity index (χ1) is 5.70. The maximum Gasteiger partial charge on any atom is 0.246 e. The van der Waals surface area contributed by atoms with Crippen molar-refractivity contribution in [1.82, 2.24) is 15.5 Å². The van der Waals surface area contributed by atoms with Gasteiger partial charge < -0.3 is 5.32 Å². The lowest BCUT2D eigenvalue weighted by molar-refractivity contribution is -0.117. The molecule has 0 saturated carbocycles. The highest BCUT2D eigenvalue weighted by molar-refractivity contribution is 5.91. The summed E-state index contributed by atoms with van der Waals surface area (Å²) < 4.78 is 0. The van der Waals surface area contributed by atoms with E-state index < -0.39 is 0 Å². The molecule has 1 aromatic rings. The third-order valence-corrected chi connectivity index (χ3v) is 1.40. The minimum absolute atomic E-state index is 0.129. The molecule has 1 amide bonds. The van der Waals surface area contributed by atoms with Crippen molar-refractivity contribution in [2.24, 2.45) is 0 Å². The minimum atomic E-state index is -0.129. The number of nitrogens with zero attached hydrogens (tertiary/aromatic N) is 1. The van der Waals surface area contributed by atoms with E-state index in [1.165, 1.54) is 0 Å². The van der Waals surface area contributed by atoms with Crippen LogP contribution in [0.25, 0.3) is 0 Å². The molecule has 4 heteroatoms. The van der Waals surface area contributed by atoms with Crippen LogP contribution in [-0.2, 0) is 11.3 Å². The van der Waals surface area contributed by atoms with Gasteiger partial charge >= 0.3 is 0 Å². The van der Waals surface area contributed by atoms with E-state index in [0.717, 1.165) is 5.56 Å². The standard InChI is InChI=1S/C8H11N3O/c1-6(2)8(12)9-3-7-4-10-11-5-7/h4-5H,1,3H2,2H3,(H,9,12)(H,10,11). The molecule has 0 atom stereocenters. The summed E-state index contributed by atoms with van der Waals surface area (Å²) in [7, 11) is 0. The van der Waals surface area contributed by atoms with Crippen LogP contribution in [0.5, 0.6) is 0 Å². The van der Waals surface area contributed by atoms with Crippen molar-refractivity contribution in [2.75, 3.05) is 0 Å². The summed E-state index contributed by atoms with van der Waals surface area (Å²) in [5.41, 5.74) is 1.46. The summed E-state index contributed by atoms with van der Waals surface area (Å²) in [6.45, 7) is 5.68. The first-order valence-corrected chi connectivity index (χ1v) is 3.61. The topological polar surface area (TPSA) is 57.8 Å². The Hall–Kier alpha value is -1.58. The molecular weight excluding hydrogens is 154 g/mol. The molecule has 0 bridgehead atoms. The summed E-state index contributed by atoms with van der Waals surface area (Å²) in [6.07, 6.45) is 3.40. The van der Waals surface area contributed by atoms with Crippen LogP contribution in [-0.4, -0.2) is 16.1 Å². The Kier molecular flexibility index (Phi) is 2.63. The number of carbonyl (C=O) groups excluding carboxylic acids is 1. The summed E-state index contributed by atoms with van der Waals surface area (Å²) in [6, 6.07) is 0. The largest absolute Gasteiger partial charge is 0.348 e. The van der Waals surface area contributed by atoms with Gasteiger partial charge in [-0.15, -0.1) is 0 Å². The second-order valence-electron chi connectivity index (χ2n) is 2.57. The zero-order valence-electron chi connectivity index (χ0n) is 6.92. The van der Waals surface area contributed by atoms with Gasteiger partial charge in [-0.2, -0.15) is 5.10 Å². The molecule has 12 heavy (non-hydrogen) atoms. The van der Waals surface area contributed by atoms with Gasteiger partial charge in [0.1, 0.15) is 0 Å². The molecule has 64 valence electrons. The lowest BCUT2D eigenvalue weighted by Gasteiger charge is -2.00. The molecule has 0 aliphatic rings. The number of carbonyl (C=O) groups is 1. The van der Waals surface area contributed by atoms with E-state index in [4.69, 9.17) is 0 Å². The summed E-state index contributed by atoms with van der Waals surface area (Å²) in [4.78, 5) is 11.0. The minimum Gasteiger partial charge on any atom is -0.348 e. The summed E-state index contributed by atoms with van der Waals surface area (Å²) in [5.74, 6) is -0.129. The van der Waals surface area contributed by atoms with Crippen LogP contribution in [0.1, 0.15) is 12.5 Å². The summed E-state index contributed by atoms with van der Waals surface area (Å²) >= 11 is 0. The van der Waals surface area contributed by atoms with Gasteiger partial charge in [-0.3, -0.25) is 9.89 Å². The third-order valence-electron chi connectivity index (χ3n) is 1.40. The monoisotopic (exact) mass is 165 g/mol. The molecule has 0 saturated heterocycles. The van der Waals surface area contributed by atoms with Crippen molar-refractivity contribution in [3.63, 3.8) is 0 Å². The Balaban J connectivity index is 2.37. The van der Waals surface area contributed by atoms with E-state index >= 15 is 0 Å². The van der Waals surface area contributed by atoms with Crippen LogP contribution in [0.4, 0.5) is 0 Å². The van der Waals surface area contributed by atoms with E-state index in [2.05, 4.69) is 22.1 Å². The smallest absolute Gasteiger partial charge is 0.246 e. The molecule has 0 fully saturated rings. The fourth-order valence-corrected chi connectivity index (χ4v) is 0.708. The number of nitrogens with one attached hydrogen (secondary N) is 2. The maximum atomic E-state index is 11.0. The van der Waals surface area contributed by atoms with Gasteiger partial charge in [-0.1, -0.05) is 6.58 Å². The molecule has 0 aliphatic heterocycles. The molecular formula is C8H11N3O. The molecule has 0 unspecified atom stereocenters. The Morgan fingerprint density at radius 2 is 2.58 bits per heavy atom. The number of amides is 1. The quantitative estimate of drug-likeness (QED) is 0.644. The number of hydrogen-bond acceptors (Lipinski definition) is 2. The average molecular weight is 165 g/mol. The molecule has 4 nitrogen and oxygen atoms in total. The van der Waals surface area contributed by atoms with E-state index in [1.807, 2.05) is 0 Å². The molecule has 0 spiro atoms. The van der Waals surface area contributed by atoms with Gasteiger partial charge in [0, 0.05) is 23.9 Å². The first-order valence-electron chi connectivity index (χ1n) is 3.61. The number of rotatable bonds is 3. The lowest BCUT2D eigenvalue weighted by atomic mass is 10.3. The predicted octanol–water partition coefficient (Wildman–Crippen LogP) is 0.602. The van der Waals surface area contributed by atoms with Gasteiger partial charge in [-0.25, -0.2) is 0 Å². The fourth-order valence-electron chi connectivity index (χ4n) is 0.708. The Bertz CT molecular complexity index is 277. The van der Waals surface area contributed by atoms with Crippen molar-refractivity contribution < 1.29 is 4.79 Å². The second kappa shape index (κ2) is 3.71. The fraction of sp³-hybridized carbons (Fsp3) is 0.250. The van der Waals surface area contributed by atoms with Crippen LogP contribution in [0.3, 0.4) is 0 Å². The SMILES string of the molecule is C=C(C)C(=O)NCc1cn[nH]c1. The van der Waals surface area contributed by atoms with Crippen molar-refractivity contribution in [3.05, 3.63) is 30.1 Å². The Labute approximate surface area is 70.7 Å². The third kappa shape index (κ3) is 2.23. The van der Waals surface area contributed by atoms with E-state index in [0.29, 0.717) is 12.1 Å². The van der Waals surface area contributed by atoms with E-state index in [1.54, 1.807) is 19.3 Å². The van der Waals surface area contributed by atoms with Crippen molar-refractivity contribution in [2.45, 2.75) is 13.5 Å². The number of aromatic nitrogens is 2. The number of aromatic amines is 1. The molecule has 1 aromatic heterocycles. The molecule has 0 radical (unpaired) electrons. The van der Waals surface area contributed by atoms with Crippen molar-refractivity contribution >= 4 is 5.91 Å². The highest BCUT2D eigenvalue weighted by Gasteiger charge is 2.00. The van der Waals surface area contributed by atoms with E-state index in [9.17, 15) is 4.79 Å². The summed E-state index contributed by atoms with van der Waals surface area (Å²) in [5, 5.41) is 9.09. The lowest BCUT2D eigenvalue weighted by Crippen LogP contribution is -2.22. The first kappa shape index (κ1) is 8.52. The zero-order chi connectivity index (χ0) is 8.97. The Morgan fingerprint density at radius 3 is 3.08 bits per heavy atom. The Morgan fingerprint density at radius 1 is 1.83 bits per heavy atom. The average Bonchev–Trinajstić information content (AvgIpc) is 2.51. The van der Waals surface area contributed by atoms with Crippen LogP contribution in [0.2, 0.25) is 0 Å². The van der Waals surface area contributed by atoms with Crippen LogP contribution < -0.4 is 5.32 Å². The highest BCUT2D eigenvalue weighted by Crippen LogP contribution is 1.93. The highest BCUT2D eigenvalue weighted by atomic mass is 16.1. The molecule has 1 heterocycles. The van der Waals surface area contributed by atoms with Crippen LogP contribution in [0.15, 0.2) is 24.5 Å². The zero-order valence-corrected chi connectivity index (χ0v) is 6.92. The van der Waals surface area contributed by atoms with Gasteiger partial charge in [0.05, 0.1) is 6.20 Å². The van der Waals surface area contributed by atoms with Crippen molar-refractivity contribution in [1.29, 1.82) is 0 Å². The van der Waals surface area contributed by atoms with Gasteiger partial charge in [0.25, 0.3) is 0 Å². The van der Waals surface area contributed by atoms with Gasteiger partial charge in [-0.05, 0) is 6.92 Å². The van der Waals surface area contributed by atoms with Crippen LogP contribution in [0, 0.1) is 0 Å². The van der Waals surface area contributed by atoms with Gasteiger partial charge in [0.2, 0.25) is 5.91 Å². The number of hydrogen-bond donors (Lipinski definition) is 2. The van der Waals surface area contributed by atoms with Gasteiger partial charge in [0.15, 0.2) is 0 Å². The van der Waals surface area contributed by atoms with E-state index in [-0.39, 0.29) is 5.91 Å². The maximum absolute atomic E-state index is 11.0. The van der Waals surface area contributed by atoms with Crippen LogP contribution >= 0.6 is 0 Å².